The average molecular weight is 213 g/mol. The van der Waals surface area contributed by atoms with Crippen molar-refractivity contribution in [3.05, 3.63) is 0 Å². The zero-order chi connectivity index (χ0) is 11.6. The Labute approximate surface area is 92.8 Å². The summed E-state index contributed by atoms with van der Waals surface area (Å²) in [5.41, 5.74) is -0.395. The van der Waals surface area contributed by atoms with Gasteiger partial charge in [-0.05, 0) is 53.9 Å². The summed E-state index contributed by atoms with van der Waals surface area (Å²) < 4.78 is 5.40. The Morgan fingerprint density at radius 3 is 2.07 bits per heavy atom. The fourth-order valence-electron chi connectivity index (χ4n) is 2.10. The van der Waals surface area contributed by atoms with Gasteiger partial charge in [-0.3, -0.25) is 0 Å². The lowest BCUT2D eigenvalue weighted by Crippen LogP contribution is -2.49. The summed E-state index contributed by atoms with van der Waals surface area (Å²) in [5.74, 6) is 0. The SMILES string of the molecule is C[C@@H]1CCC[C@H](C)N1C(=O)OC(C)(C)C. The highest BCUT2D eigenvalue weighted by atomic mass is 16.6. The molecule has 15 heavy (non-hydrogen) atoms. The molecule has 1 heterocycles. The lowest BCUT2D eigenvalue weighted by atomic mass is 9.98. The Morgan fingerprint density at radius 1 is 1.20 bits per heavy atom. The first-order chi connectivity index (χ1) is 6.81. The van der Waals surface area contributed by atoms with Gasteiger partial charge in [0.25, 0.3) is 0 Å². The Hall–Kier alpha value is -0.730. The highest BCUT2D eigenvalue weighted by Gasteiger charge is 2.32. The molecule has 0 spiro atoms. The maximum atomic E-state index is 11.9. The lowest BCUT2D eigenvalue weighted by Gasteiger charge is -2.39. The van der Waals surface area contributed by atoms with Gasteiger partial charge < -0.3 is 9.64 Å². The van der Waals surface area contributed by atoms with Crippen molar-refractivity contribution < 1.29 is 9.53 Å². The highest BCUT2D eigenvalue weighted by Crippen LogP contribution is 2.24. The predicted octanol–water partition coefficient (Wildman–Crippen LogP) is 3.18. The van der Waals surface area contributed by atoms with E-state index in [0.29, 0.717) is 12.1 Å². The third-order valence-corrected chi connectivity index (χ3v) is 2.80. The fourth-order valence-corrected chi connectivity index (χ4v) is 2.10. The topological polar surface area (TPSA) is 29.5 Å². The van der Waals surface area contributed by atoms with Crippen LogP contribution in [0.3, 0.4) is 0 Å². The van der Waals surface area contributed by atoms with Gasteiger partial charge in [-0.15, -0.1) is 0 Å². The molecule has 1 rings (SSSR count). The number of likely N-dealkylation sites (tertiary alicyclic amines) is 1. The zero-order valence-corrected chi connectivity index (χ0v) is 10.5. The Bertz CT molecular complexity index is 222. The van der Waals surface area contributed by atoms with Gasteiger partial charge >= 0.3 is 6.09 Å². The normalized spacial score (nSPS) is 27.7. The molecule has 1 aliphatic heterocycles. The van der Waals surface area contributed by atoms with Gasteiger partial charge in [0.2, 0.25) is 0 Å². The van der Waals surface area contributed by atoms with Gasteiger partial charge in [-0.1, -0.05) is 0 Å². The first-order valence-electron chi connectivity index (χ1n) is 5.82. The van der Waals surface area contributed by atoms with Crippen molar-refractivity contribution in [1.29, 1.82) is 0 Å². The first-order valence-corrected chi connectivity index (χ1v) is 5.82. The number of amides is 1. The van der Waals surface area contributed by atoms with Crippen molar-refractivity contribution in [3.63, 3.8) is 0 Å². The molecule has 0 bridgehead atoms. The van der Waals surface area contributed by atoms with Gasteiger partial charge in [0.15, 0.2) is 0 Å². The van der Waals surface area contributed by atoms with Crippen molar-refractivity contribution in [2.45, 2.75) is 71.6 Å². The standard InChI is InChI=1S/C12H23NO2/c1-9-7-6-8-10(2)13(9)11(14)15-12(3,4)5/h9-10H,6-8H2,1-5H3/t9-,10+. The minimum Gasteiger partial charge on any atom is -0.444 e. The van der Waals surface area contributed by atoms with Crippen molar-refractivity contribution in [3.8, 4) is 0 Å². The van der Waals surface area contributed by atoms with E-state index in [0.717, 1.165) is 12.8 Å². The van der Waals surface area contributed by atoms with Gasteiger partial charge in [-0.25, -0.2) is 4.79 Å². The molecule has 0 N–H and O–H groups in total. The van der Waals surface area contributed by atoms with Crippen LogP contribution in [0.4, 0.5) is 4.79 Å². The molecule has 3 nitrogen and oxygen atoms in total. The van der Waals surface area contributed by atoms with Crippen molar-refractivity contribution in [2.75, 3.05) is 0 Å². The molecule has 0 radical (unpaired) electrons. The third-order valence-electron chi connectivity index (χ3n) is 2.80. The molecule has 0 unspecified atom stereocenters. The molecule has 0 aliphatic carbocycles. The van der Waals surface area contributed by atoms with E-state index in [1.54, 1.807) is 0 Å². The molecule has 1 fully saturated rings. The number of nitrogens with zero attached hydrogens (tertiary/aromatic N) is 1. The van der Waals surface area contributed by atoms with Crippen LogP contribution in [0, 0.1) is 0 Å². The van der Waals surface area contributed by atoms with Gasteiger partial charge in [0.1, 0.15) is 5.60 Å². The number of ether oxygens (including phenoxy) is 1. The van der Waals surface area contributed by atoms with E-state index < -0.39 is 5.60 Å². The van der Waals surface area contributed by atoms with E-state index in [1.807, 2.05) is 25.7 Å². The zero-order valence-electron chi connectivity index (χ0n) is 10.5. The van der Waals surface area contributed by atoms with E-state index in [-0.39, 0.29) is 6.09 Å². The Balaban J connectivity index is 2.64. The van der Waals surface area contributed by atoms with Crippen LogP contribution < -0.4 is 0 Å². The van der Waals surface area contributed by atoms with E-state index in [1.165, 1.54) is 6.42 Å². The van der Waals surface area contributed by atoms with E-state index in [9.17, 15) is 4.79 Å². The Morgan fingerprint density at radius 2 is 1.67 bits per heavy atom. The number of carbonyl (C=O) groups is 1. The Kier molecular flexibility index (Phi) is 3.63. The maximum Gasteiger partial charge on any atom is 0.410 e. The summed E-state index contributed by atoms with van der Waals surface area (Å²) in [6, 6.07) is 0.618. The molecular formula is C12H23NO2. The highest BCUT2D eigenvalue weighted by molar-refractivity contribution is 5.69. The number of piperidine rings is 1. The van der Waals surface area contributed by atoms with Crippen LogP contribution in [0.25, 0.3) is 0 Å². The molecule has 0 aromatic rings. The van der Waals surface area contributed by atoms with Crippen LogP contribution in [-0.4, -0.2) is 28.7 Å². The van der Waals surface area contributed by atoms with E-state index >= 15 is 0 Å². The van der Waals surface area contributed by atoms with Gasteiger partial charge in [0.05, 0.1) is 0 Å². The second-order valence-electron chi connectivity index (χ2n) is 5.52. The molecule has 2 atom stereocenters. The summed E-state index contributed by atoms with van der Waals surface area (Å²) in [6.07, 6.45) is 3.22. The van der Waals surface area contributed by atoms with Crippen LogP contribution in [0.2, 0.25) is 0 Å². The number of hydrogen-bond donors (Lipinski definition) is 0. The summed E-state index contributed by atoms with van der Waals surface area (Å²) in [4.78, 5) is 13.8. The minimum absolute atomic E-state index is 0.165. The van der Waals surface area contributed by atoms with Gasteiger partial charge in [-0.2, -0.15) is 0 Å². The quantitative estimate of drug-likeness (QED) is 0.618. The van der Waals surface area contributed by atoms with Crippen molar-refractivity contribution in [2.24, 2.45) is 0 Å². The fraction of sp³-hybridized carbons (Fsp3) is 0.917. The maximum absolute atomic E-state index is 11.9. The van der Waals surface area contributed by atoms with Crippen molar-refractivity contribution >= 4 is 6.09 Å². The van der Waals surface area contributed by atoms with Crippen LogP contribution in [-0.2, 0) is 4.74 Å². The molecule has 3 heteroatoms. The average Bonchev–Trinajstić information content (AvgIpc) is 1.99. The largest absolute Gasteiger partial charge is 0.444 e. The summed E-state index contributed by atoms with van der Waals surface area (Å²) in [6.45, 7) is 9.91. The molecule has 1 amide bonds. The van der Waals surface area contributed by atoms with Crippen LogP contribution in [0.1, 0.15) is 53.9 Å². The molecule has 1 aliphatic rings. The predicted molar refractivity (Wildman–Crippen MR) is 60.8 cm³/mol. The summed E-state index contributed by atoms with van der Waals surface area (Å²) >= 11 is 0. The second-order valence-corrected chi connectivity index (χ2v) is 5.52. The number of hydrogen-bond acceptors (Lipinski definition) is 2. The molecule has 0 saturated carbocycles. The number of carbonyl (C=O) groups excluding carboxylic acids is 1. The third kappa shape index (κ3) is 3.40. The second kappa shape index (κ2) is 4.42. The smallest absolute Gasteiger partial charge is 0.410 e. The molecule has 0 aromatic heterocycles. The molecule has 1 saturated heterocycles. The summed E-state index contributed by atoms with van der Waals surface area (Å²) in [5, 5.41) is 0. The molecular weight excluding hydrogens is 190 g/mol. The van der Waals surface area contributed by atoms with E-state index in [2.05, 4.69) is 13.8 Å². The lowest BCUT2D eigenvalue weighted by molar-refractivity contribution is -0.0000287. The molecule has 88 valence electrons. The monoisotopic (exact) mass is 213 g/mol. The first kappa shape index (κ1) is 12.3. The van der Waals surface area contributed by atoms with Crippen LogP contribution in [0.15, 0.2) is 0 Å². The van der Waals surface area contributed by atoms with Crippen LogP contribution in [0.5, 0.6) is 0 Å². The van der Waals surface area contributed by atoms with Crippen LogP contribution >= 0.6 is 0 Å². The molecule has 0 aromatic carbocycles. The van der Waals surface area contributed by atoms with Gasteiger partial charge in [0, 0.05) is 12.1 Å². The summed E-state index contributed by atoms with van der Waals surface area (Å²) in [7, 11) is 0. The minimum atomic E-state index is -0.395. The van der Waals surface area contributed by atoms with E-state index in [4.69, 9.17) is 4.74 Å². The number of rotatable bonds is 0. The van der Waals surface area contributed by atoms with Crippen molar-refractivity contribution in [1.82, 2.24) is 4.90 Å².